The van der Waals surface area contributed by atoms with Gasteiger partial charge >= 0.3 is 5.97 Å². The summed E-state index contributed by atoms with van der Waals surface area (Å²) in [6.07, 6.45) is -4.74. The van der Waals surface area contributed by atoms with Crippen LogP contribution in [0.5, 0.6) is 0 Å². The lowest BCUT2D eigenvalue weighted by molar-refractivity contribution is -0.319. The highest BCUT2D eigenvalue weighted by Crippen LogP contribution is 2.42. The molecule has 72 heavy (non-hydrogen) atoms. The zero-order chi connectivity index (χ0) is 53.3. The number of rotatable bonds is 15. The van der Waals surface area contributed by atoms with Crippen molar-refractivity contribution in [2.75, 3.05) is 53.3 Å². The standard InChI is InChI=1S/C38H69NO13.C16H24N2O.ClH/c1-15-26-38(10,45)31(42)21(4)28(40)19(2)17-37(9,47-14)33(52-35-29(41)25(39(11)12)16-20(3)48-35)22(5)30(23(6)34(44)50-26)51-27-18-36(8,46-13)32(43)24(7)49-27;1-3-9-18(10-4-2)11-8-13-6-5-7-15-14(13)12-16(19)17-15;/h19-27,29-33,35,41-43,45H,15-18H2,1-14H3;5-7H,3-4,8-12H2,1-2H3,(H,17,19);1H/t19-,20-,21+,22?,23-,24+,25+,26-,27+,29-,30+,31-,32+,33-,35+,36-,37-,38-;;/m1../s1. The molecule has 0 aromatic heterocycles. The van der Waals surface area contributed by atoms with E-state index in [1.165, 1.54) is 58.2 Å². The third-order valence-corrected chi connectivity index (χ3v) is 15.9. The number of Topliss-reactive ketones (excluding diaryl/α,β-unsaturated/α-hetero) is 1. The molecule has 18 heteroatoms. The number of aliphatic hydroxyl groups excluding tert-OH is 3. The van der Waals surface area contributed by atoms with Gasteiger partial charge in [0.1, 0.15) is 29.7 Å². The lowest BCUT2D eigenvalue weighted by atomic mass is 9.74. The van der Waals surface area contributed by atoms with Gasteiger partial charge in [-0.25, -0.2) is 0 Å². The van der Waals surface area contributed by atoms with E-state index in [4.69, 9.17) is 33.2 Å². The number of cyclic esters (lactones) is 1. The molecule has 18 atom stereocenters. The molecule has 4 heterocycles. The Morgan fingerprint density at radius 1 is 0.819 bits per heavy atom. The third-order valence-electron chi connectivity index (χ3n) is 15.9. The number of ether oxygens (including phenoxy) is 7. The molecule has 0 bridgehead atoms. The van der Waals surface area contributed by atoms with Crippen LogP contribution >= 0.6 is 12.4 Å². The normalized spacial score (nSPS) is 39.0. The van der Waals surface area contributed by atoms with Crippen LogP contribution in [0.15, 0.2) is 18.2 Å². The zero-order valence-electron chi connectivity index (χ0n) is 46.3. The second-order valence-electron chi connectivity index (χ2n) is 21.9. The van der Waals surface area contributed by atoms with Gasteiger partial charge in [-0.1, -0.05) is 53.7 Å². The summed E-state index contributed by atoms with van der Waals surface area (Å²) in [5, 5.41) is 48.5. The fourth-order valence-corrected chi connectivity index (χ4v) is 11.4. The minimum atomic E-state index is -1.96. The summed E-state index contributed by atoms with van der Waals surface area (Å²) in [6, 6.07) is 5.92. The fraction of sp³-hybridized carbons (Fsp3) is 0.833. The number of nitrogens with zero attached hydrogens (tertiary/aromatic N) is 2. The first kappa shape index (κ1) is 63.9. The lowest BCUT2D eigenvalue weighted by Gasteiger charge is -2.50. The van der Waals surface area contributed by atoms with Gasteiger partial charge in [-0.05, 0) is 124 Å². The molecule has 0 radical (unpaired) electrons. The van der Waals surface area contributed by atoms with Crippen LogP contribution in [-0.2, 0) is 60.4 Å². The van der Waals surface area contributed by atoms with Crippen molar-refractivity contribution in [3.8, 4) is 0 Å². The number of anilines is 1. The number of carbonyl (C=O) groups excluding carboxylic acids is 3. The molecule has 5 N–H and O–H groups in total. The molecule has 3 fully saturated rings. The number of fused-ring (bicyclic) bond motifs is 1. The van der Waals surface area contributed by atoms with Crippen molar-refractivity contribution in [2.24, 2.45) is 23.7 Å². The van der Waals surface area contributed by atoms with E-state index in [2.05, 4.69) is 30.1 Å². The van der Waals surface area contributed by atoms with Crippen molar-refractivity contribution in [1.29, 1.82) is 0 Å². The van der Waals surface area contributed by atoms with E-state index in [0.29, 0.717) is 12.8 Å². The zero-order valence-corrected chi connectivity index (χ0v) is 47.2. The number of halogens is 1. The first-order chi connectivity index (χ1) is 33.2. The van der Waals surface area contributed by atoms with Crippen LogP contribution in [0, 0.1) is 23.7 Å². The molecule has 0 spiro atoms. The maximum Gasteiger partial charge on any atom is 0.311 e. The average molecular weight is 1040 g/mol. The monoisotopic (exact) mass is 1040 g/mol. The second-order valence-corrected chi connectivity index (χ2v) is 21.9. The van der Waals surface area contributed by atoms with Gasteiger partial charge in [0.2, 0.25) is 5.91 Å². The molecule has 0 saturated carbocycles. The molecule has 3 saturated heterocycles. The molecular weight excluding hydrogens is 950 g/mol. The molecule has 1 aromatic carbocycles. The summed E-state index contributed by atoms with van der Waals surface area (Å²) in [5.41, 5.74) is -0.695. The average Bonchev–Trinajstić information content (AvgIpc) is 3.72. The van der Waals surface area contributed by atoms with Gasteiger partial charge in [0, 0.05) is 56.7 Å². The highest BCUT2D eigenvalue weighted by molar-refractivity contribution is 5.99. The number of carbonyl (C=O) groups is 3. The summed E-state index contributed by atoms with van der Waals surface area (Å²) in [4.78, 5) is 44.1. The largest absolute Gasteiger partial charge is 0.459 e. The number of nitrogens with one attached hydrogen (secondary N) is 1. The second kappa shape index (κ2) is 27.6. The Balaban J connectivity index is 0.000000569. The Kier molecular flexibility index (Phi) is 24.5. The minimum absolute atomic E-state index is 0. The third kappa shape index (κ3) is 15.2. The number of aliphatic hydroxyl groups is 4. The summed E-state index contributed by atoms with van der Waals surface area (Å²) in [6.45, 7) is 24.9. The molecule has 17 nitrogen and oxygen atoms in total. The van der Waals surface area contributed by atoms with Crippen LogP contribution in [0.1, 0.15) is 133 Å². The van der Waals surface area contributed by atoms with Crippen LogP contribution in [0.25, 0.3) is 0 Å². The van der Waals surface area contributed by atoms with Crippen LogP contribution in [0.2, 0.25) is 0 Å². The highest BCUT2D eigenvalue weighted by atomic mass is 35.5. The van der Waals surface area contributed by atoms with E-state index in [1.807, 2.05) is 45.0 Å². The van der Waals surface area contributed by atoms with Gasteiger partial charge in [0.25, 0.3) is 0 Å². The SMILES string of the molecule is CCCN(CCC)CCc1cccc2c1CC(=O)N2.CC[C@H]1OC(=O)[C@H](C)[C@@H](O[C@H]2C[C@@](C)(OC)[C@@H](O)[C@H](C)O2)C(C)[C@@H](O[C@@H]2O[C@H](C)C[C@H](N(C)C)[C@H]2O)[C@](C)(OC)C[C@@H](C)C(=O)[C@H](C)[C@@H](O)[C@]1(C)O.Cl. The van der Waals surface area contributed by atoms with Crippen LogP contribution in [0.4, 0.5) is 5.69 Å². The molecular formula is C54H94ClN3O14. The maximum absolute atomic E-state index is 14.2. The first-order valence-electron chi connectivity index (χ1n) is 26.3. The van der Waals surface area contributed by atoms with Crippen molar-refractivity contribution in [1.82, 2.24) is 9.80 Å². The highest BCUT2D eigenvalue weighted by Gasteiger charge is 2.54. The Morgan fingerprint density at radius 3 is 2.01 bits per heavy atom. The van der Waals surface area contributed by atoms with E-state index in [9.17, 15) is 34.8 Å². The Morgan fingerprint density at radius 2 is 1.44 bits per heavy atom. The number of amides is 1. The van der Waals surface area contributed by atoms with E-state index in [-0.39, 0.29) is 55.5 Å². The molecule has 4 aliphatic heterocycles. The predicted molar refractivity (Wildman–Crippen MR) is 278 cm³/mol. The van der Waals surface area contributed by atoms with Crippen molar-refractivity contribution in [2.45, 2.75) is 219 Å². The van der Waals surface area contributed by atoms with Gasteiger partial charge in [0.15, 0.2) is 12.6 Å². The van der Waals surface area contributed by atoms with Gasteiger partial charge in [-0.3, -0.25) is 14.4 Å². The van der Waals surface area contributed by atoms with Gasteiger partial charge in [0.05, 0.1) is 54.1 Å². The molecule has 1 amide bonds. The van der Waals surface area contributed by atoms with Crippen LogP contribution < -0.4 is 5.32 Å². The number of ketones is 1. The van der Waals surface area contributed by atoms with E-state index < -0.39 is 102 Å². The first-order valence-corrected chi connectivity index (χ1v) is 26.3. The Labute approximate surface area is 437 Å². The maximum atomic E-state index is 14.2. The molecule has 5 rings (SSSR count). The van der Waals surface area contributed by atoms with Gasteiger partial charge in [-0.15, -0.1) is 12.4 Å². The number of benzene rings is 1. The van der Waals surface area contributed by atoms with Crippen LogP contribution in [-0.4, -0.2) is 180 Å². The van der Waals surface area contributed by atoms with Crippen molar-refractivity contribution < 1.29 is 68.0 Å². The fourth-order valence-electron chi connectivity index (χ4n) is 11.4. The Bertz CT molecular complexity index is 1870. The summed E-state index contributed by atoms with van der Waals surface area (Å²) < 4.78 is 43.9. The summed E-state index contributed by atoms with van der Waals surface area (Å²) in [7, 11) is 6.77. The summed E-state index contributed by atoms with van der Waals surface area (Å²) in [5.74, 6) is -4.34. The molecule has 0 aliphatic carbocycles. The molecule has 416 valence electrons. The minimum Gasteiger partial charge on any atom is -0.459 e. The van der Waals surface area contributed by atoms with E-state index in [1.54, 1.807) is 48.5 Å². The van der Waals surface area contributed by atoms with Crippen molar-refractivity contribution in [3.05, 3.63) is 29.3 Å². The van der Waals surface area contributed by atoms with Crippen LogP contribution in [0.3, 0.4) is 0 Å². The van der Waals surface area contributed by atoms with E-state index >= 15 is 0 Å². The quantitative estimate of drug-likeness (QED) is 0.133. The molecule has 1 aromatic rings. The lowest BCUT2D eigenvalue weighted by Crippen LogP contribution is -2.61. The molecule has 4 aliphatic rings. The number of hydrogen-bond donors (Lipinski definition) is 5. The number of esters is 1. The van der Waals surface area contributed by atoms with Crippen molar-refractivity contribution >= 4 is 35.8 Å². The smallest absolute Gasteiger partial charge is 0.311 e. The number of likely N-dealkylation sites (N-methyl/N-ethyl adjacent to an activating group) is 1. The predicted octanol–water partition coefficient (Wildman–Crippen LogP) is 5.71. The molecule has 1 unspecified atom stereocenters. The Hall–Kier alpha value is -2.36. The topological polar surface area (TPSA) is 215 Å². The summed E-state index contributed by atoms with van der Waals surface area (Å²) >= 11 is 0. The van der Waals surface area contributed by atoms with Crippen molar-refractivity contribution in [3.63, 3.8) is 0 Å². The van der Waals surface area contributed by atoms with Gasteiger partial charge < -0.3 is 68.7 Å². The van der Waals surface area contributed by atoms with Gasteiger partial charge in [-0.2, -0.15) is 0 Å². The number of hydrogen-bond acceptors (Lipinski definition) is 16. The number of methoxy groups -OCH3 is 2. The van der Waals surface area contributed by atoms with E-state index in [0.717, 1.165) is 18.7 Å².